The molecule has 176 valence electrons. The fourth-order valence-corrected chi connectivity index (χ4v) is 4.86. The number of carbonyl (C=O) groups excluding carboxylic acids is 1. The summed E-state index contributed by atoms with van der Waals surface area (Å²) in [6.07, 6.45) is 1.90. The van der Waals surface area contributed by atoms with Crippen molar-refractivity contribution in [2.75, 3.05) is 30.0 Å². The van der Waals surface area contributed by atoms with Crippen LogP contribution < -0.4 is 14.5 Å². The van der Waals surface area contributed by atoms with Crippen LogP contribution in [0.3, 0.4) is 0 Å². The zero-order chi connectivity index (χ0) is 24.0. The summed E-state index contributed by atoms with van der Waals surface area (Å²) in [6, 6.07) is 11.8. The number of anilines is 2. The van der Waals surface area contributed by atoms with Crippen molar-refractivity contribution in [3.63, 3.8) is 0 Å². The number of benzene rings is 1. The van der Waals surface area contributed by atoms with E-state index in [1.807, 2.05) is 45.0 Å². The number of hydrogen-bond acceptors (Lipinski definition) is 6. The molecule has 0 unspecified atom stereocenters. The topological polar surface area (TPSA) is 75.8 Å². The van der Waals surface area contributed by atoms with E-state index in [4.69, 9.17) is 9.72 Å². The number of fused-ring (bicyclic) bond motifs is 7. The number of carbonyl (C=O) groups is 1. The fourth-order valence-electron chi connectivity index (χ4n) is 4.86. The molecule has 0 spiro atoms. The number of pyridine rings is 1. The highest BCUT2D eigenvalue weighted by Gasteiger charge is 2.32. The second-order valence-corrected chi connectivity index (χ2v) is 9.24. The van der Waals surface area contributed by atoms with Crippen LogP contribution in [0.15, 0.2) is 41.4 Å². The molecule has 0 aliphatic carbocycles. The maximum atomic E-state index is 13.5. The maximum absolute atomic E-state index is 13.5. The summed E-state index contributed by atoms with van der Waals surface area (Å²) in [5.41, 5.74) is 5.67. The molecular formula is C26H30N6O2. The number of amides is 1. The molecule has 5 rings (SSSR count). The van der Waals surface area contributed by atoms with E-state index >= 15 is 0 Å². The Hall–Kier alpha value is -3.68. The van der Waals surface area contributed by atoms with E-state index < -0.39 is 0 Å². The van der Waals surface area contributed by atoms with Gasteiger partial charge in [-0.05, 0) is 56.9 Å². The van der Waals surface area contributed by atoms with Crippen molar-refractivity contribution in [1.29, 1.82) is 0 Å². The van der Waals surface area contributed by atoms with Gasteiger partial charge in [-0.15, -0.1) is 0 Å². The first-order chi connectivity index (χ1) is 16.3. The molecule has 1 amide bonds. The molecule has 2 aromatic heterocycles. The molecule has 2 aliphatic heterocycles. The minimum Gasteiger partial charge on any atom is -0.477 e. The molecule has 1 atom stereocenters. The van der Waals surface area contributed by atoms with E-state index in [1.165, 1.54) is 0 Å². The van der Waals surface area contributed by atoms with E-state index in [0.29, 0.717) is 35.6 Å². The first-order valence-electron chi connectivity index (χ1n) is 11.7. The molecule has 2 bridgehead atoms. The minimum absolute atomic E-state index is 0.294. The third-order valence-corrected chi connectivity index (χ3v) is 6.48. The van der Waals surface area contributed by atoms with Gasteiger partial charge in [0.1, 0.15) is 0 Å². The number of guanidine groups is 1. The zero-order valence-electron chi connectivity index (χ0n) is 20.4. The summed E-state index contributed by atoms with van der Waals surface area (Å²) in [7, 11) is 3.84. The average molecular weight is 459 g/mol. The molecular weight excluding hydrogens is 428 g/mol. The fraction of sp³-hybridized carbons (Fsp3) is 0.385. The van der Waals surface area contributed by atoms with Crippen LogP contribution in [0.2, 0.25) is 0 Å². The zero-order valence-corrected chi connectivity index (χ0v) is 20.4. The van der Waals surface area contributed by atoms with Gasteiger partial charge in [-0.1, -0.05) is 19.1 Å². The molecule has 0 saturated heterocycles. The molecule has 1 aromatic carbocycles. The van der Waals surface area contributed by atoms with Gasteiger partial charge in [0.25, 0.3) is 5.91 Å². The first kappa shape index (κ1) is 22.1. The standard InChI is InChI=1S/C26H30N6O2/c1-16-9-8-12-34-25-23(18(3)29-31(25)5)20-14-19(13-17(2)27-20)24(33)28-26-30(4)21-10-6-7-11-22(21)32(26)15-16/h6-7,10-11,13-14,16H,8-9,12,15H2,1-5H3/b28-26+/t16-/m1/s1. The van der Waals surface area contributed by atoms with Crippen LogP contribution in [0, 0.1) is 19.8 Å². The highest BCUT2D eigenvalue weighted by atomic mass is 16.5. The average Bonchev–Trinajstić information content (AvgIpc) is 3.23. The summed E-state index contributed by atoms with van der Waals surface area (Å²) in [5, 5.41) is 4.56. The summed E-state index contributed by atoms with van der Waals surface area (Å²) in [5.74, 6) is 1.42. The smallest absolute Gasteiger partial charge is 0.280 e. The first-order valence-corrected chi connectivity index (χ1v) is 11.7. The van der Waals surface area contributed by atoms with Crippen molar-refractivity contribution >= 4 is 23.2 Å². The molecule has 8 heteroatoms. The summed E-state index contributed by atoms with van der Waals surface area (Å²) >= 11 is 0. The van der Waals surface area contributed by atoms with Gasteiger partial charge in [-0.25, -0.2) is 4.68 Å². The Bertz CT molecular complexity index is 1290. The summed E-state index contributed by atoms with van der Waals surface area (Å²) in [4.78, 5) is 27.0. The predicted octanol–water partition coefficient (Wildman–Crippen LogP) is 4.36. The van der Waals surface area contributed by atoms with Gasteiger partial charge in [0.05, 0.1) is 34.9 Å². The minimum atomic E-state index is -0.294. The van der Waals surface area contributed by atoms with Gasteiger partial charge in [0.15, 0.2) is 0 Å². The number of nitrogens with zero attached hydrogens (tertiary/aromatic N) is 6. The van der Waals surface area contributed by atoms with Crippen LogP contribution in [-0.2, 0) is 7.05 Å². The Morgan fingerprint density at radius 2 is 1.85 bits per heavy atom. The molecule has 0 saturated carbocycles. The van der Waals surface area contributed by atoms with Gasteiger partial charge in [-0.3, -0.25) is 9.78 Å². The van der Waals surface area contributed by atoms with Crippen molar-refractivity contribution in [3.05, 3.63) is 53.3 Å². The van der Waals surface area contributed by atoms with E-state index in [-0.39, 0.29) is 5.91 Å². The molecule has 3 aromatic rings. The Labute approximate surface area is 199 Å². The Morgan fingerprint density at radius 1 is 1.09 bits per heavy atom. The molecule has 4 heterocycles. The van der Waals surface area contributed by atoms with E-state index in [1.54, 1.807) is 16.8 Å². The number of para-hydroxylation sites is 2. The monoisotopic (exact) mass is 458 g/mol. The lowest BCUT2D eigenvalue weighted by Gasteiger charge is -2.24. The number of rotatable bonds is 0. The lowest BCUT2D eigenvalue weighted by atomic mass is 10.1. The number of aromatic nitrogens is 3. The number of ether oxygens (including phenoxy) is 1. The molecule has 2 aliphatic rings. The lowest BCUT2D eigenvalue weighted by Crippen LogP contribution is -2.39. The largest absolute Gasteiger partial charge is 0.477 e. The second kappa shape index (κ2) is 8.59. The lowest BCUT2D eigenvalue weighted by molar-refractivity contribution is 0.100. The molecule has 0 fully saturated rings. The Kier molecular flexibility index (Phi) is 5.59. The van der Waals surface area contributed by atoms with E-state index in [0.717, 1.165) is 47.7 Å². The van der Waals surface area contributed by atoms with Crippen molar-refractivity contribution in [3.8, 4) is 17.1 Å². The van der Waals surface area contributed by atoms with Crippen molar-refractivity contribution in [2.45, 2.75) is 33.6 Å². The Morgan fingerprint density at radius 3 is 2.65 bits per heavy atom. The third kappa shape index (κ3) is 3.83. The van der Waals surface area contributed by atoms with Crippen LogP contribution in [0.4, 0.5) is 11.4 Å². The van der Waals surface area contributed by atoms with Crippen LogP contribution in [0.1, 0.15) is 41.5 Å². The summed E-state index contributed by atoms with van der Waals surface area (Å²) < 4.78 is 7.96. The van der Waals surface area contributed by atoms with Gasteiger partial charge < -0.3 is 14.5 Å². The summed E-state index contributed by atoms with van der Waals surface area (Å²) in [6.45, 7) is 7.41. The quantitative estimate of drug-likeness (QED) is 0.498. The maximum Gasteiger partial charge on any atom is 0.280 e. The van der Waals surface area contributed by atoms with Crippen molar-refractivity contribution in [1.82, 2.24) is 14.8 Å². The van der Waals surface area contributed by atoms with Gasteiger partial charge >= 0.3 is 0 Å². The van der Waals surface area contributed by atoms with E-state index in [9.17, 15) is 4.79 Å². The molecule has 0 N–H and O–H groups in total. The number of aliphatic imine (C=N–C) groups is 1. The molecule has 8 nitrogen and oxygen atoms in total. The normalized spacial score (nSPS) is 19.9. The van der Waals surface area contributed by atoms with Crippen molar-refractivity contribution in [2.24, 2.45) is 18.0 Å². The number of aryl methyl sites for hydroxylation is 3. The van der Waals surface area contributed by atoms with Crippen LogP contribution in [0.25, 0.3) is 11.3 Å². The SMILES string of the molecule is Cc1cc2cc(n1)-c1c(C)nn(C)c1OCCC[C@@H](C)CN1/C(=N/C2=O)N(C)c2ccccc21. The second-order valence-electron chi connectivity index (χ2n) is 9.24. The molecule has 0 radical (unpaired) electrons. The van der Waals surface area contributed by atoms with Crippen LogP contribution >= 0.6 is 0 Å². The van der Waals surface area contributed by atoms with Crippen LogP contribution in [0.5, 0.6) is 5.88 Å². The van der Waals surface area contributed by atoms with E-state index in [2.05, 4.69) is 34.0 Å². The molecule has 34 heavy (non-hydrogen) atoms. The predicted molar refractivity (Wildman–Crippen MR) is 134 cm³/mol. The third-order valence-electron chi connectivity index (χ3n) is 6.48. The van der Waals surface area contributed by atoms with Crippen LogP contribution in [-0.4, -0.2) is 46.8 Å². The van der Waals surface area contributed by atoms with Gasteiger partial charge in [-0.2, -0.15) is 10.1 Å². The van der Waals surface area contributed by atoms with Gasteiger partial charge in [0, 0.05) is 31.9 Å². The van der Waals surface area contributed by atoms with Gasteiger partial charge in [0.2, 0.25) is 11.8 Å². The highest BCUT2D eigenvalue weighted by molar-refractivity contribution is 6.20. The van der Waals surface area contributed by atoms with Crippen molar-refractivity contribution < 1.29 is 9.53 Å². The highest BCUT2D eigenvalue weighted by Crippen LogP contribution is 2.37. The Balaban J connectivity index is 1.65. The number of hydrogen-bond donors (Lipinski definition) is 0.